The van der Waals surface area contributed by atoms with Gasteiger partial charge in [0.05, 0.1) is 0 Å². The van der Waals surface area contributed by atoms with Gasteiger partial charge in [0.1, 0.15) is 12.2 Å². The maximum atomic E-state index is 12.3. The van der Waals surface area contributed by atoms with Crippen molar-refractivity contribution in [3.05, 3.63) is 53.3 Å². The predicted molar refractivity (Wildman–Crippen MR) is 80.7 cm³/mol. The smallest absolute Gasteiger partial charge is 0.352 e. The molecule has 0 saturated heterocycles. The van der Waals surface area contributed by atoms with Gasteiger partial charge in [-0.25, -0.2) is 4.79 Å². The molecule has 0 saturated carbocycles. The molecule has 0 bridgehead atoms. The minimum Gasteiger partial charge on any atom is -0.477 e. The Labute approximate surface area is 123 Å². The standard InChI is InChI=1S/C16H18N2O3/c1-11-6-7-13(12(2)9-11)17(3)15(19)10-18-8-4-5-14(18)16(20)21/h4-9H,10H2,1-3H3,(H,20,21). The molecule has 0 atom stereocenters. The lowest BCUT2D eigenvalue weighted by atomic mass is 10.1. The van der Waals surface area contributed by atoms with E-state index in [2.05, 4.69) is 0 Å². The van der Waals surface area contributed by atoms with Gasteiger partial charge in [0, 0.05) is 18.9 Å². The number of likely N-dealkylation sites (N-methyl/N-ethyl adjacent to an activating group) is 1. The van der Waals surface area contributed by atoms with E-state index in [4.69, 9.17) is 5.11 Å². The zero-order chi connectivity index (χ0) is 15.6. The Morgan fingerprint density at radius 3 is 2.57 bits per heavy atom. The first-order valence-electron chi connectivity index (χ1n) is 6.62. The number of carboxylic acids is 1. The summed E-state index contributed by atoms with van der Waals surface area (Å²) in [4.78, 5) is 24.9. The van der Waals surface area contributed by atoms with Crippen molar-refractivity contribution in [1.29, 1.82) is 0 Å². The lowest BCUT2D eigenvalue weighted by molar-refractivity contribution is -0.118. The first-order chi connectivity index (χ1) is 9.90. The Kier molecular flexibility index (Phi) is 4.12. The molecule has 1 amide bonds. The number of rotatable bonds is 4. The van der Waals surface area contributed by atoms with Gasteiger partial charge in [0.2, 0.25) is 5.91 Å². The summed E-state index contributed by atoms with van der Waals surface area (Å²) in [5, 5.41) is 9.05. The summed E-state index contributed by atoms with van der Waals surface area (Å²) in [6.07, 6.45) is 1.59. The van der Waals surface area contributed by atoms with Crippen LogP contribution in [0, 0.1) is 13.8 Å². The van der Waals surface area contributed by atoms with E-state index in [1.165, 1.54) is 10.6 Å². The SMILES string of the molecule is Cc1ccc(N(C)C(=O)Cn2cccc2C(=O)O)c(C)c1. The molecule has 5 heteroatoms. The molecule has 1 heterocycles. The van der Waals surface area contributed by atoms with Gasteiger partial charge in [0.15, 0.2) is 0 Å². The van der Waals surface area contributed by atoms with Crippen molar-refractivity contribution in [2.24, 2.45) is 0 Å². The third-order valence-electron chi connectivity index (χ3n) is 3.44. The normalized spacial score (nSPS) is 10.4. The van der Waals surface area contributed by atoms with Gasteiger partial charge >= 0.3 is 5.97 Å². The highest BCUT2D eigenvalue weighted by molar-refractivity contribution is 5.94. The van der Waals surface area contributed by atoms with Crippen LogP contribution < -0.4 is 4.90 Å². The van der Waals surface area contributed by atoms with Crippen LogP contribution in [-0.4, -0.2) is 28.6 Å². The lowest BCUT2D eigenvalue weighted by Crippen LogP contribution is -2.31. The van der Waals surface area contributed by atoms with Crippen molar-refractivity contribution < 1.29 is 14.7 Å². The fourth-order valence-corrected chi connectivity index (χ4v) is 2.31. The van der Waals surface area contributed by atoms with E-state index in [-0.39, 0.29) is 18.1 Å². The molecule has 21 heavy (non-hydrogen) atoms. The summed E-state index contributed by atoms with van der Waals surface area (Å²) in [5.74, 6) is -1.21. The molecule has 2 rings (SSSR count). The van der Waals surface area contributed by atoms with E-state index in [9.17, 15) is 9.59 Å². The largest absolute Gasteiger partial charge is 0.477 e. The van der Waals surface area contributed by atoms with Crippen LogP contribution in [0.3, 0.4) is 0 Å². The minimum absolute atomic E-state index is 0.00154. The number of aromatic carboxylic acids is 1. The zero-order valence-corrected chi connectivity index (χ0v) is 12.3. The molecular formula is C16H18N2O3. The van der Waals surface area contributed by atoms with Crippen molar-refractivity contribution in [1.82, 2.24) is 4.57 Å². The molecule has 0 radical (unpaired) electrons. The highest BCUT2D eigenvalue weighted by Gasteiger charge is 2.16. The number of nitrogens with zero attached hydrogens (tertiary/aromatic N) is 2. The first kappa shape index (κ1) is 14.8. The second kappa shape index (κ2) is 5.83. The third-order valence-corrected chi connectivity index (χ3v) is 3.44. The molecule has 0 aliphatic carbocycles. The van der Waals surface area contributed by atoms with Crippen LogP contribution in [0.4, 0.5) is 5.69 Å². The van der Waals surface area contributed by atoms with E-state index in [0.29, 0.717) is 0 Å². The quantitative estimate of drug-likeness (QED) is 0.939. The van der Waals surface area contributed by atoms with Crippen LogP contribution in [0.2, 0.25) is 0 Å². The number of hydrogen-bond acceptors (Lipinski definition) is 2. The van der Waals surface area contributed by atoms with Gasteiger partial charge in [-0.2, -0.15) is 0 Å². The molecule has 0 aliphatic heterocycles. The van der Waals surface area contributed by atoms with Crippen LogP contribution in [-0.2, 0) is 11.3 Å². The molecule has 110 valence electrons. The maximum absolute atomic E-state index is 12.3. The molecule has 5 nitrogen and oxygen atoms in total. The Morgan fingerprint density at radius 2 is 1.95 bits per heavy atom. The van der Waals surface area contributed by atoms with Crippen molar-refractivity contribution in [2.45, 2.75) is 20.4 Å². The number of hydrogen-bond donors (Lipinski definition) is 1. The van der Waals surface area contributed by atoms with Crippen molar-refractivity contribution in [3.63, 3.8) is 0 Å². The number of benzene rings is 1. The van der Waals surface area contributed by atoms with Crippen molar-refractivity contribution >= 4 is 17.6 Å². The van der Waals surface area contributed by atoms with Gasteiger partial charge in [-0.1, -0.05) is 17.7 Å². The molecule has 1 aromatic heterocycles. The predicted octanol–water partition coefficient (Wildman–Crippen LogP) is 2.47. The average Bonchev–Trinajstić information content (AvgIpc) is 2.86. The van der Waals surface area contributed by atoms with Gasteiger partial charge in [-0.3, -0.25) is 4.79 Å². The fraction of sp³-hybridized carbons (Fsp3) is 0.250. The molecule has 1 aromatic carbocycles. The molecule has 0 spiro atoms. The van der Waals surface area contributed by atoms with E-state index in [1.54, 1.807) is 24.2 Å². The Hall–Kier alpha value is -2.56. The maximum Gasteiger partial charge on any atom is 0.352 e. The molecule has 2 aromatic rings. The number of aryl methyl sites for hydroxylation is 2. The first-order valence-corrected chi connectivity index (χ1v) is 6.62. The summed E-state index contributed by atoms with van der Waals surface area (Å²) >= 11 is 0. The van der Waals surface area contributed by atoms with Crippen LogP contribution in [0.25, 0.3) is 0 Å². The number of amides is 1. The second-order valence-corrected chi connectivity index (χ2v) is 5.07. The zero-order valence-electron chi connectivity index (χ0n) is 12.3. The lowest BCUT2D eigenvalue weighted by Gasteiger charge is -2.20. The number of carbonyl (C=O) groups is 2. The Morgan fingerprint density at radius 1 is 1.24 bits per heavy atom. The highest BCUT2D eigenvalue weighted by atomic mass is 16.4. The Balaban J connectivity index is 2.20. The van der Waals surface area contributed by atoms with Crippen LogP contribution in [0.5, 0.6) is 0 Å². The molecule has 0 fully saturated rings. The summed E-state index contributed by atoms with van der Waals surface area (Å²) in [7, 11) is 1.70. The van der Waals surface area contributed by atoms with Crippen molar-refractivity contribution in [2.75, 3.05) is 11.9 Å². The summed E-state index contributed by atoms with van der Waals surface area (Å²) < 4.78 is 1.44. The summed E-state index contributed by atoms with van der Waals surface area (Å²) in [6.45, 7) is 3.94. The summed E-state index contributed by atoms with van der Waals surface area (Å²) in [5.41, 5.74) is 3.08. The fourth-order valence-electron chi connectivity index (χ4n) is 2.31. The Bertz CT molecular complexity index is 689. The topological polar surface area (TPSA) is 62.5 Å². The molecule has 0 aliphatic rings. The number of aromatic nitrogens is 1. The van der Waals surface area contributed by atoms with Gasteiger partial charge in [-0.05, 0) is 37.6 Å². The van der Waals surface area contributed by atoms with Gasteiger partial charge in [-0.15, -0.1) is 0 Å². The third kappa shape index (κ3) is 3.13. The van der Waals surface area contributed by atoms with E-state index in [1.807, 2.05) is 32.0 Å². The van der Waals surface area contributed by atoms with E-state index in [0.717, 1.165) is 16.8 Å². The molecule has 1 N–H and O–H groups in total. The summed E-state index contributed by atoms with van der Waals surface area (Å²) in [6, 6.07) is 8.96. The van der Waals surface area contributed by atoms with Crippen LogP contribution >= 0.6 is 0 Å². The van der Waals surface area contributed by atoms with Gasteiger partial charge < -0.3 is 14.6 Å². The number of carbonyl (C=O) groups excluding carboxylic acids is 1. The van der Waals surface area contributed by atoms with Crippen molar-refractivity contribution in [3.8, 4) is 0 Å². The number of carboxylic acid groups (broad SMARTS) is 1. The average molecular weight is 286 g/mol. The van der Waals surface area contributed by atoms with E-state index >= 15 is 0 Å². The molecule has 0 unspecified atom stereocenters. The van der Waals surface area contributed by atoms with Crippen LogP contribution in [0.15, 0.2) is 36.5 Å². The molecular weight excluding hydrogens is 268 g/mol. The highest BCUT2D eigenvalue weighted by Crippen LogP contribution is 2.20. The number of anilines is 1. The monoisotopic (exact) mass is 286 g/mol. The van der Waals surface area contributed by atoms with Gasteiger partial charge in [0.25, 0.3) is 0 Å². The van der Waals surface area contributed by atoms with Crippen LogP contribution in [0.1, 0.15) is 21.6 Å². The minimum atomic E-state index is -1.04. The second-order valence-electron chi connectivity index (χ2n) is 5.07. The van der Waals surface area contributed by atoms with E-state index < -0.39 is 5.97 Å².